The smallest absolute Gasteiger partial charge is 0.157 e. The Morgan fingerprint density at radius 3 is 2.79 bits per heavy atom. The Kier molecular flexibility index (Phi) is 2.02. The van der Waals surface area contributed by atoms with E-state index in [4.69, 9.17) is 0 Å². The number of imidazole rings is 1. The fourth-order valence-corrected chi connectivity index (χ4v) is 1.48. The molecule has 0 atom stereocenters. The Balaban J connectivity index is 2.36. The Bertz CT molecular complexity index is 404. The first kappa shape index (κ1) is 9.19. The molecule has 14 heavy (non-hydrogen) atoms. The molecule has 2 aromatic rings. The SMILES string of the molecule is CC(C)(C)Cc1nc2cccnc2[nH]1. The minimum atomic E-state index is 0.258. The highest BCUT2D eigenvalue weighted by atomic mass is 15.0. The molecule has 0 saturated carbocycles. The molecule has 0 saturated heterocycles. The summed E-state index contributed by atoms with van der Waals surface area (Å²) in [6.45, 7) is 6.61. The van der Waals surface area contributed by atoms with Gasteiger partial charge in [0.2, 0.25) is 0 Å². The van der Waals surface area contributed by atoms with Crippen molar-refractivity contribution >= 4 is 11.2 Å². The summed E-state index contributed by atoms with van der Waals surface area (Å²) in [4.78, 5) is 11.9. The van der Waals surface area contributed by atoms with Gasteiger partial charge < -0.3 is 4.98 Å². The maximum Gasteiger partial charge on any atom is 0.157 e. The van der Waals surface area contributed by atoms with Crippen LogP contribution in [0.1, 0.15) is 26.6 Å². The second-order valence-corrected chi connectivity index (χ2v) is 4.79. The molecule has 2 heterocycles. The molecule has 0 bridgehead atoms. The van der Waals surface area contributed by atoms with Gasteiger partial charge >= 0.3 is 0 Å². The van der Waals surface area contributed by atoms with Gasteiger partial charge in [-0.1, -0.05) is 20.8 Å². The van der Waals surface area contributed by atoms with Gasteiger partial charge in [-0.05, 0) is 17.5 Å². The van der Waals surface area contributed by atoms with Crippen molar-refractivity contribution in [3.63, 3.8) is 0 Å². The van der Waals surface area contributed by atoms with Crippen LogP contribution in [0, 0.1) is 5.41 Å². The van der Waals surface area contributed by atoms with Crippen LogP contribution in [0.3, 0.4) is 0 Å². The second kappa shape index (κ2) is 3.08. The predicted octanol–water partition coefficient (Wildman–Crippen LogP) is 2.55. The topological polar surface area (TPSA) is 41.6 Å². The molecule has 2 rings (SSSR count). The van der Waals surface area contributed by atoms with Gasteiger partial charge in [0.25, 0.3) is 0 Å². The summed E-state index contributed by atoms with van der Waals surface area (Å²) in [6.07, 6.45) is 2.73. The normalized spacial score (nSPS) is 12.2. The predicted molar refractivity (Wildman–Crippen MR) is 57.0 cm³/mol. The van der Waals surface area contributed by atoms with Gasteiger partial charge in [0.05, 0.1) is 0 Å². The lowest BCUT2D eigenvalue weighted by atomic mass is 9.92. The fourth-order valence-electron chi connectivity index (χ4n) is 1.48. The molecule has 2 aromatic heterocycles. The molecule has 3 heteroatoms. The number of nitrogens with one attached hydrogen (secondary N) is 1. The van der Waals surface area contributed by atoms with Crippen LogP contribution in [0.15, 0.2) is 18.3 Å². The van der Waals surface area contributed by atoms with E-state index in [1.54, 1.807) is 6.20 Å². The monoisotopic (exact) mass is 189 g/mol. The number of pyridine rings is 1. The molecule has 0 aliphatic heterocycles. The summed E-state index contributed by atoms with van der Waals surface area (Å²) < 4.78 is 0. The van der Waals surface area contributed by atoms with Crippen molar-refractivity contribution < 1.29 is 0 Å². The van der Waals surface area contributed by atoms with E-state index in [1.165, 1.54) is 0 Å². The number of nitrogens with zero attached hydrogens (tertiary/aromatic N) is 2. The third kappa shape index (κ3) is 1.92. The molecule has 0 aromatic carbocycles. The van der Waals surface area contributed by atoms with Crippen molar-refractivity contribution in [2.24, 2.45) is 5.41 Å². The van der Waals surface area contributed by atoms with Crippen LogP contribution in [-0.2, 0) is 6.42 Å². The van der Waals surface area contributed by atoms with Crippen molar-refractivity contribution in [1.29, 1.82) is 0 Å². The van der Waals surface area contributed by atoms with Gasteiger partial charge in [0.15, 0.2) is 5.65 Å². The summed E-state index contributed by atoms with van der Waals surface area (Å²) in [6, 6.07) is 3.88. The molecular formula is C11H15N3. The zero-order valence-electron chi connectivity index (χ0n) is 8.83. The quantitative estimate of drug-likeness (QED) is 0.749. The summed E-state index contributed by atoms with van der Waals surface area (Å²) in [5.74, 6) is 1.02. The Morgan fingerprint density at radius 2 is 2.14 bits per heavy atom. The number of rotatable bonds is 1. The number of aromatic nitrogens is 3. The lowest BCUT2D eigenvalue weighted by molar-refractivity contribution is 0.402. The minimum Gasteiger partial charge on any atom is -0.327 e. The third-order valence-corrected chi connectivity index (χ3v) is 2.00. The van der Waals surface area contributed by atoms with Crippen molar-refractivity contribution in [2.45, 2.75) is 27.2 Å². The molecule has 0 spiro atoms. The zero-order chi connectivity index (χ0) is 10.2. The van der Waals surface area contributed by atoms with E-state index in [0.29, 0.717) is 0 Å². The average Bonchev–Trinajstić information content (AvgIpc) is 2.42. The minimum absolute atomic E-state index is 0.258. The molecule has 74 valence electrons. The molecule has 0 radical (unpaired) electrons. The van der Waals surface area contributed by atoms with E-state index < -0.39 is 0 Å². The van der Waals surface area contributed by atoms with Gasteiger partial charge in [0.1, 0.15) is 11.3 Å². The fraction of sp³-hybridized carbons (Fsp3) is 0.455. The molecule has 0 aliphatic rings. The van der Waals surface area contributed by atoms with Gasteiger partial charge in [-0.15, -0.1) is 0 Å². The van der Waals surface area contributed by atoms with E-state index in [2.05, 4.69) is 35.7 Å². The Morgan fingerprint density at radius 1 is 1.36 bits per heavy atom. The summed E-state index contributed by atoms with van der Waals surface area (Å²) in [7, 11) is 0. The van der Waals surface area contributed by atoms with Crippen LogP contribution in [-0.4, -0.2) is 15.0 Å². The van der Waals surface area contributed by atoms with Gasteiger partial charge in [-0.2, -0.15) is 0 Å². The maximum absolute atomic E-state index is 4.48. The number of hydrogen-bond acceptors (Lipinski definition) is 2. The van der Waals surface area contributed by atoms with E-state index in [-0.39, 0.29) is 5.41 Å². The Hall–Kier alpha value is -1.38. The van der Waals surface area contributed by atoms with Crippen molar-refractivity contribution in [3.05, 3.63) is 24.2 Å². The van der Waals surface area contributed by atoms with Crippen LogP contribution in [0.2, 0.25) is 0 Å². The molecule has 0 amide bonds. The van der Waals surface area contributed by atoms with Crippen LogP contribution in [0.5, 0.6) is 0 Å². The highest BCUT2D eigenvalue weighted by Crippen LogP contribution is 2.19. The van der Waals surface area contributed by atoms with Crippen LogP contribution in [0.25, 0.3) is 11.2 Å². The van der Waals surface area contributed by atoms with E-state index in [0.717, 1.165) is 23.4 Å². The van der Waals surface area contributed by atoms with Crippen molar-refractivity contribution in [1.82, 2.24) is 15.0 Å². The standard InChI is InChI=1S/C11H15N3/c1-11(2,3)7-9-13-8-5-4-6-12-10(8)14-9/h4-6H,7H2,1-3H3,(H,12,13,14). The molecule has 0 aliphatic carbocycles. The molecule has 1 N–H and O–H groups in total. The van der Waals surface area contributed by atoms with E-state index >= 15 is 0 Å². The zero-order valence-corrected chi connectivity index (χ0v) is 8.83. The molecule has 0 unspecified atom stereocenters. The number of hydrogen-bond donors (Lipinski definition) is 1. The lowest BCUT2D eigenvalue weighted by Crippen LogP contribution is -2.10. The van der Waals surface area contributed by atoms with Crippen molar-refractivity contribution in [3.8, 4) is 0 Å². The van der Waals surface area contributed by atoms with E-state index in [1.807, 2.05) is 12.1 Å². The van der Waals surface area contributed by atoms with Crippen LogP contribution in [0.4, 0.5) is 0 Å². The van der Waals surface area contributed by atoms with Gasteiger partial charge in [0, 0.05) is 12.6 Å². The van der Waals surface area contributed by atoms with Gasteiger partial charge in [-0.25, -0.2) is 9.97 Å². The second-order valence-electron chi connectivity index (χ2n) is 4.79. The number of fused-ring (bicyclic) bond motifs is 1. The molecule has 3 nitrogen and oxygen atoms in total. The summed E-state index contributed by atoms with van der Waals surface area (Å²) in [5, 5.41) is 0. The lowest BCUT2D eigenvalue weighted by Gasteiger charge is -2.15. The first-order valence-corrected chi connectivity index (χ1v) is 4.84. The average molecular weight is 189 g/mol. The van der Waals surface area contributed by atoms with Crippen LogP contribution >= 0.6 is 0 Å². The summed E-state index contributed by atoms with van der Waals surface area (Å²) >= 11 is 0. The highest BCUT2D eigenvalue weighted by Gasteiger charge is 2.14. The largest absolute Gasteiger partial charge is 0.327 e. The van der Waals surface area contributed by atoms with Crippen molar-refractivity contribution in [2.75, 3.05) is 0 Å². The first-order valence-electron chi connectivity index (χ1n) is 4.84. The highest BCUT2D eigenvalue weighted by molar-refractivity contribution is 5.69. The third-order valence-electron chi connectivity index (χ3n) is 2.00. The number of aromatic amines is 1. The first-order chi connectivity index (χ1) is 6.54. The molecular weight excluding hydrogens is 174 g/mol. The number of H-pyrrole nitrogens is 1. The van der Waals surface area contributed by atoms with Crippen LogP contribution < -0.4 is 0 Å². The summed E-state index contributed by atoms with van der Waals surface area (Å²) in [5.41, 5.74) is 2.09. The van der Waals surface area contributed by atoms with Gasteiger partial charge in [-0.3, -0.25) is 0 Å². The Labute approximate surface area is 83.6 Å². The van der Waals surface area contributed by atoms with E-state index in [9.17, 15) is 0 Å². The molecule has 0 fully saturated rings. The maximum atomic E-state index is 4.48.